The summed E-state index contributed by atoms with van der Waals surface area (Å²) >= 11 is 0. The molecular weight excluding hydrogens is 388 g/mol. The van der Waals surface area contributed by atoms with E-state index in [1.807, 2.05) is 92.7 Å². The Morgan fingerprint density at radius 2 is 1.68 bits per heavy atom. The average Bonchev–Trinajstić information content (AvgIpc) is 3.19. The van der Waals surface area contributed by atoms with E-state index in [1.54, 1.807) is 10.6 Å². The second-order valence-electron chi connectivity index (χ2n) is 7.29. The Labute approximate surface area is 181 Å². The van der Waals surface area contributed by atoms with Gasteiger partial charge >= 0.3 is 0 Å². The number of carbonyl (C=O) groups is 2. The molecule has 1 atom stereocenters. The first-order chi connectivity index (χ1) is 15.1. The maximum Gasteiger partial charge on any atom is 0.294 e. The highest BCUT2D eigenvalue weighted by atomic mass is 16.5. The third kappa shape index (κ3) is 4.21. The van der Waals surface area contributed by atoms with Crippen LogP contribution in [-0.2, 0) is 4.79 Å². The molecule has 0 aliphatic heterocycles. The number of fused-ring (bicyclic) bond motifs is 1. The quantitative estimate of drug-likeness (QED) is 0.341. The molecule has 0 fully saturated rings. The maximum absolute atomic E-state index is 13.3. The number of Topliss-reactive ketones (excluding diaryl/α,β-unsaturated/α-hetero) is 1. The van der Waals surface area contributed by atoms with Crippen molar-refractivity contribution in [2.24, 2.45) is 0 Å². The summed E-state index contributed by atoms with van der Waals surface area (Å²) in [5, 5.41) is 2.83. The number of pyridine rings is 1. The van der Waals surface area contributed by atoms with Crippen molar-refractivity contribution in [3.8, 4) is 16.9 Å². The normalized spacial score (nSPS) is 11.8. The number of aromatic nitrogens is 1. The highest BCUT2D eigenvalue weighted by Gasteiger charge is 2.26. The lowest BCUT2D eigenvalue weighted by atomic mass is 10.0. The number of benzene rings is 2. The molecular formula is C26H24N2O3. The zero-order chi connectivity index (χ0) is 21.8. The van der Waals surface area contributed by atoms with E-state index >= 15 is 0 Å². The summed E-state index contributed by atoms with van der Waals surface area (Å²) in [5.74, 6) is -0.442. The Morgan fingerprint density at radius 3 is 2.39 bits per heavy atom. The SMILES string of the molecule is CCOc1ccc(-c2cc3ccccn3c2C(=O)C(=O)N[C@@H](C)c2ccccc2)cc1. The Kier molecular flexibility index (Phi) is 5.85. The smallest absolute Gasteiger partial charge is 0.294 e. The van der Waals surface area contributed by atoms with Crippen LogP contribution < -0.4 is 10.1 Å². The first-order valence-electron chi connectivity index (χ1n) is 10.3. The summed E-state index contributed by atoms with van der Waals surface area (Å²) < 4.78 is 7.29. The van der Waals surface area contributed by atoms with Crippen LogP contribution in [0.4, 0.5) is 0 Å². The van der Waals surface area contributed by atoms with Gasteiger partial charge in [-0.15, -0.1) is 0 Å². The molecule has 1 N–H and O–H groups in total. The van der Waals surface area contributed by atoms with Crippen LogP contribution in [-0.4, -0.2) is 22.7 Å². The van der Waals surface area contributed by atoms with Gasteiger partial charge in [-0.1, -0.05) is 48.5 Å². The van der Waals surface area contributed by atoms with E-state index in [0.29, 0.717) is 17.9 Å². The minimum Gasteiger partial charge on any atom is -0.494 e. The summed E-state index contributed by atoms with van der Waals surface area (Å²) in [5.41, 5.74) is 3.69. The van der Waals surface area contributed by atoms with E-state index in [2.05, 4.69) is 5.32 Å². The predicted octanol–water partition coefficient (Wildman–Crippen LogP) is 5.07. The Bertz CT molecular complexity index is 1210. The lowest BCUT2D eigenvalue weighted by Crippen LogP contribution is -2.34. The highest BCUT2D eigenvalue weighted by molar-refractivity contribution is 6.43. The molecule has 0 saturated carbocycles. The molecule has 4 rings (SSSR count). The summed E-state index contributed by atoms with van der Waals surface area (Å²) in [6.07, 6.45) is 1.80. The van der Waals surface area contributed by atoms with Gasteiger partial charge in [0.2, 0.25) is 0 Å². The second-order valence-corrected chi connectivity index (χ2v) is 7.29. The van der Waals surface area contributed by atoms with Gasteiger partial charge in [-0.2, -0.15) is 0 Å². The van der Waals surface area contributed by atoms with E-state index < -0.39 is 11.7 Å². The van der Waals surface area contributed by atoms with Crippen molar-refractivity contribution in [1.82, 2.24) is 9.72 Å². The molecule has 4 aromatic rings. The molecule has 2 heterocycles. The molecule has 0 spiro atoms. The van der Waals surface area contributed by atoms with Gasteiger partial charge in [-0.25, -0.2) is 0 Å². The van der Waals surface area contributed by atoms with Crippen LogP contribution in [0.1, 0.15) is 35.9 Å². The van der Waals surface area contributed by atoms with Crippen molar-refractivity contribution in [2.45, 2.75) is 19.9 Å². The predicted molar refractivity (Wildman–Crippen MR) is 121 cm³/mol. The third-order valence-corrected chi connectivity index (χ3v) is 5.22. The highest BCUT2D eigenvalue weighted by Crippen LogP contribution is 2.30. The van der Waals surface area contributed by atoms with Crippen LogP contribution in [0.25, 0.3) is 16.6 Å². The molecule has 0 bridgehead atoms. The molecule has 5 nitrogen and oxygen atoms in total. The van der Waals surface area contributed by atoms with Crippen LogP contribution in [0.15, 0.2) is 85.1 Å². The van der Waals surface area contributed by atoms with E-state index in [9.17, 15) is 9.59 Å². The van der Waals surface area contributed by atoms with Crippen LogP contribution in [0.5, 0.6) is 5.75 Å². The summed E-state index contributed by atoms with van der Waals surface area (Å²) in [4.78, 5) is 26.2. The Morgan fingerprint density at radius 1 is 0.968 bits per heavy atom. The summed E-state index contributed by atoms with van der Waals surface area (Å²) in [6, 6.07) is 24.4. The number of rotatable bonds is 7. The number of hydrogen-bond acceptors (Lipinski definition) is 3. The standard InChI is InChI=1S/C26H24N2O3/c1-3-31-22-14-12-20(13-15-22)23-17-21-11-7-8-16-28(21)24(23)25(29)26(30)27-18(2)19-9-5-4-6-10-19/h4-18H,3H2,1-2H3,(H,27,30)/t18-/m0/s1. The fraction of sp³-hybridized carbons (Fsp3) is 0.154. The number of carbonyl (C=O) groups excluding carboxylic acids is 2. The fourth-order valence-corrected chi connectivity index (χ4v) is 3.67. The van der Waals surface area contributed by atoms with Gasteiger partial charge in [0.25, 0.3) is 11.7 Å². The van der Waals surface area contributed by atoms with E-state index in [4.69, 9.17) is 4.74 Å². The number of nitrogens with one attached hydrogen (secondary N) is 1. The lowest BCUT2D eigenvalue weighted by molar-refractivity contribution is -0.117. The number of nitrogens with zero attached hydrogens (tertiary/aromatic N) is 1. The van der Waals surface area contributed by atoms with Gasteiger partial charge in [0.15, 0.2) is 0 Å². The molecule has 31 heavy (non-hydrogen) atoms. The first kappa shape index (κ1) is 20.4. The molecule has 0 unspecified atom stereocenters. The molecule has 5 heteroatoms. The molecule has 0 aliphatic carbocycles. The fourth-order valence-electron chi connectivity index (χ4n) is 3.67. The lowest BCUT2D eigenvalue weighted by Gasteiger charge is -2.14. The number of amides is 1. The van der Waals surface area contributed by atoms with Crippen molar-refractivity contribution in [3.63, 3.8) is 0 Å². The van der Waals surface area contributed by atoms with Gasteiger partial charge in [0.1, 0.15) is 11.4 Å². The largest absolute Gasteiger partial charge is 0.494 e. The Hall–Kier alpha value is -3.86. The zero-order valence-electron chi connectivity index (χ0n) is 17.5. The van der Waals surface area contributed by atoms with Crippen LogP contribution in [0, 0.1) is 0 Å². The third-order valence-electron chi connectivity index (χ3n) is 5.22. The minimum atomic E-state index is -0.632. The number of hydrogen-bond donors (Lipinski definition) is 1. The van der Waals surface area contributed by atoms with Gasteiger partial charge < -0.3 is 14.5 Å². The molecule has 0 saturated heterocycles. The first-order valence-corrected chi connectivity index (χ1v) is 10.3. The van der Waals surface area contributed by atoms with Gasteiger partial charge in [0.05, 0.1) is 12.6 Å². The van der Waals surface area contributed by atoms with E-state index in [1.165, 1.54) is 0 Å². The van der Waals surface area contributed by atoms with Crippen molar-refractivity contribution in [2.75, 3.05) is 6.61 Å². The second kappa shape index (κ2) is 8.88. The number of ketones is 1. The minimum absolute atomic E-state index is 0.280. The van der Waals surface area contributed by atoms with Crippen LogP contribution in [0.2, 0.25) is 0 Å². The maximum atomic E-state index is 13.3. The van der Waals surface area contributed by atoms with Gasteiger partial charge in [0, 0.05) is 17.3 Å². The zero-order valence-corrected chi connectivity index (χ0v) is 17.5. The molecule has 0 radical (unpaired) electrons. The van der Waals surface area contributed by atoms with Crippen molar-refractivity contribution >= 4 is 17.2 Å². The molecule has 2 aromatic heterocycles. The molecule has 1 amide bonds. The summed E-state index contributed by atoms with van der Waals surface area (Å²) in [6.45, 7) is 4.38. The van der Waals surface area contributed by atoms with Gasteiger partial charge in [-0.05, 0) is 55.3 Å². The molecule has 2 aromatic carbocycles. The van der Waals surface area contributed by atoms with Crippen molar-refractivity contribution in [1.29, 1.82) is 0 Å². The van der Waals surface area contributed by atoms with Crippen molar-refractivity contribution < 1.29 is 14.3 Å². The van der Waals surface area contributed by atoms with E-state index in [-0.39, 0.29) is 6.04 Å². The molecule has 0 aliphatic rings. The Balaban J connectivity index is 1.69. The average molecular weight is 412 g/mol. The van der Waals surface area contributed by atoms with Gasteiger partial charge in [-0.3, -0.25) is 9.59 Å². The monoisotopic (exact) mass is 412 g/mol. The van der Waals surface area contributed by atoms with Crippen LogP contribution in [0.3, 0.4) is 0 Å². The van der Waals surface area contributed by atoms with Crippen molar-refractivity contribution in [3.05, 3.63) is 96.3 Å². The summed E-state index contributed by atoms with van der Waals surface area (Å²) in [7, 11) is 0. The van der Waals surface area contributed by atoms with E-state index in [0.717, 1.165) is 22.4 Å². The number of ether oxygens (including phenoxy) is 1. The molecule has 156 valence electrons. The topological polar surface area (TPSA) is 59.8 Å². The van der Waals surface area contributed by atoms with Crippen LogP contribution >= 0.6 is 0 Å².